The van der Waals surface area contributed by atoms with Crippen LogP contribution >= 0.6 is 0 Å². The molecule has 0 spiro atoms. The first kappa shape index (κ1) is 23.2. The van der Waals surface area contributed by atoms with Crippen molar-refractivity contribution in [2.45, 2.75) is 33.1 Å². The fourth-order valence-electron chi connectivity index (χ4n) is 5.13. The van der Waals surface area contributed by atoms with Gasteiger partial charge in [0.05, 0.1) is 17.3 Å². The number of aromatic nitrogens is 4. The molecule has 5 aromatic rings. The molecule has 1 fully saturated rings. The van der Waals surface area contributed by atoms with Crippen LogP contribution in [0.4, 0.5) is 17.5 Å². The molecule has 1 N–H and O–H groups in total. The monoisotopic (exact) mass is 488 g/mol. The standard InChI is InChI=1S/C31H32N6/c1-22-13-14-26(19-23(22)2)33-29-28-21-32-37(27-11-7-4-8-12-27)30(28)35-31(34-29)36-17-15-25(16-18-36)20-24-9-5-3-6-10-24/h3-14,19,21,25H,15-18,20H2,1-2H3,(H,33,34,35). The number of anilines is 3. The quantitative estimate of drug-likeness (QED) is 0.290. The van der Waals surface area contributed by atoms with Gasteiger partial charge in [-0.1, -0.05) is 54.6 Å². The number of hydrogen-bond acceptors (Lipinski definition) is 5. The van der Waals surface area contributed by atoms with Crippen molar-refractivity contribution in [1.29, 1.82) is 0 Å². The third-order valence-corrected chi connectivity index (χ3v) is 7.45. The molecular formula is C31H32N6. The van der Waals surface area contributed by atoms with Crippen molar-refractivity contribution in [3.8, 4) is 5.69 Å². The van der Waals surface area contributed by atoms with E-state index in [-0.39, 0.29) is 0 Å². The summed E-state index contributed by atoms with van der Waals surface area (Å²) in [5, 5.41) is 9.18. The Balaban J connectivity index is 1.32. The predicted octanol–water partition coefficient (Wildman–Crippen LogP) is 6.64. The van der Waals surface area contributed by atoms with Gasteiger partial charge >= 0.3 is 0 Å². The molecule has 1 saturated heterocycles. The Kier molecular flexibility index (Phi) is 6.31. The number of nitrogens with zero attached hydrogens (tertiary/aromatic N) is 5. The van der Waals surface area contributed by atoms with Gasteiger partial charge in [-0.2, -0.15) is 15.1 Å². The van der Waals surface area contributed by atoms with Crippen LogP contribution in [-0.2, 0) is 6.42 Å². The van der Waals surface area contributed by atoms with Crippen LogP contribution in [0.5, 0.6) is 0 Å². The number of hydrogen-bond donors (Lipinski definition) is 1. The minimum Gasteiger partial charge on any atom is -0.341 e. The molecule has 6 nitrogen and oxygen atoms in total. The maximum atomic E-state index is 5.05. The Morgan fingerprint density at radius 1 is 0.838 bits per heavy atom. The van der Waals surface area contributed by atoms with Crippen molar-refractivity contribution in [2.75, 3.05) is 23.3 Å². The van der Waals surface area contributed by atoms with E-state index < -0.39 is 0 Å². The van der Waals surface area contributed by atoms with E-state index in [1.165, 1.54) is 16.7 Å². The number of benzene rings is 3. The zero-order valence-electron chi connectivity index (χ0n) is 21.4. The second-order valence-electron chi connectivity index (χ2n) is 10.0. The molecule has 186 valence electrons. The van der Waals surface area contributed by atoms with Crippen molar-refractivity contribution in [2.24, 2.45) is 5.92 Å². The number of aryl methyl sites for hydroxylation is 2. The zero-order valence-corrected chi connectivity index (χ0v) is 21.4. The van der Waals surface area contributed by atoms with E-state index in [1.807, 2.05) is 29.1 Å². The largest absolute Gasteiger partial charge is 0.341 e. The van der Waals surface area contributed by atoms with Gasteiger partial charge in [-0.05, 0) is 80.0 Å². The summed E-state index contributed by atoms with van der Waals surface area (Å²) >= 11 is 0. The molecule has 6 heteroatoms. The normalized spacial score (nSPS) is 14.3. The van der Waals surface area contributed by atoms with Gasteiger partial charge in [-0.25, -0.2) is 4.68 Å². The van der Waals surface area contributed by atoms with Crippen LogP contribution in [0.15, 0.2) is 85.1 Å². The maximum absolute atomic E-state index is 5.05. The molecule has 6 rings (SSSR count). The van der Waals surface area contributed by atoms with Gasteiger partial charge < -0.3 is 10.2 Å². The Bertz CT molecular complexity index is 1500. The van der Waals surface area contributed by atoms with Crippen LogP contribution in [0.1, 0.15) is 29.5 Å². The number of rotatable bonds is 6. The molecule has 0 saturated carbocycles. The lowest BCUT2D eigenvalue weighted by atomic mass is 9.90. The summed E-state index contributed by atoms with van der Waals surface area (Å²) in [6.07, 6.45) is 5.26. The lowest BCUT2D eigenvalue weighted by Gasteiger charge is -2.32. The SMILES string of the molecule is Cc1ccc(Nc2nc(N3CCC(Cc4ccccc4)CC3)nc3c2cnn3-c2ccccc2)cc1C. The molecule has 0 amide bonds. The Morgan fingerprint density at radius 2 is 1.57 bits per heavy atom. The molecular weight excluding hydrogens is 456 g/mol. The first-order valence-corrected chi connectivity index (χ1v) is 13.1. The van der Waals surface area contributed by atoms with Crippen LogP contribution in [0.25, 0.3) is 16.7 Å². The zero-order chi connectivity index (χ0) is 25.2. The highest BCUT2D eigenvalue weighted by Crippen LogP contribution is 2.31. The smallest absolute Gasteiger partial charge is 0.229 e. The Hall–Kier alpha value is -4.19. The first-order valence-electron chi connectivity index (χ1n) is 13.1. The van der Waals surface area contributed by atoms with Crippen molar-refractivity contribution < 1.29 is 0 Å². The van der Waals surface area contributed by atoms with Crippen molar-refractivity contribution in [3.63, 3.8) is 0 Å². The summed E-state index contributed by atoms with van der Waals surface area (Å²) < 4.78 is 1.91. The summed E-state index contributed by atoms with van der Waals surface area (Å²) in [6, 6.07) is 27.4. The molecule has 0 atom stereocenters. The summed E-state index contributed by atoms with van der Waals surface area (Å²) in [5.41, 5.74) is 6.76. The van der Waals surface area contributed by atoms with Crippen LogP contribution in [0.3, 0.4) is 0 Å². The second kappa shape index (κ2) is 10.1. The van der Waals surface area contributed by atoms with Gasteiger partial charge in [0.1, 0.15) is 5.82 Å². The maximum Gasteiger partial charge on any atom is 0.229 e. The minimum absolute atomic E-state index is 0.686. The van der Waals surface area contributed by atoms with Crippen LogP contribution in [-0.4, -0.2) is 32.8 Å². The van der Waals surface area contributed by atoms with E-state index in [0.717, 1.165) is 66.5 Å². The number of piperidine rings is 1. The molecule has 3 aromatic carbocycles. The van der Waals surface area contributed by atoms with Crippen molar-refractivity contribution in [1.82, 2.24) is 19.7 Å². The fraction of sp³-hybridized carbons (Fsp3) is 0.258. The molecule has 3 heterocycles. The predicted molar refractivity (Wildman–Crippen MR) is 151 cm³/mol. The highest BCUT2D eigenvalue weighted by molar-refractivity contribution is 5.90. The van der Waals surface area contributed by atoms with E-state index in [2.05, 4.69) is 84.7 Å². The van der Waals surface area contributed by atoms with Crippen LogP contribution in [0, 0.1) is 19.8 Å². The Labute approximate surface area is 218 Å². The first-order chi connectivity index (χ1) is 18.1. The van der Waals surface area contributed by atoms with Crippen molar-refractivity contribution in [3.05, 3.63) is 102 Å². The summed E-state index contributed by atoms with van der Waals surface area (Å²) in [6.45, 7) is 6.16. The number of fused-ring (bicyclic) bond motifs is 1. The molecule has 37 heavy (non-hydrogen) atoms. The molecule has 0 radical (unpaired) electrons. The second-order valence-corrected chi connectivity index (χ2v) is 10.0. The van der Waals surface area contributed by atoms with Gasteiger partial charge in [-0.15, -0.1) is 0 Å². The molecule has 1 aliphatic heterocycles. The number of para-hydroxylation sites is 1. The molecule has 0 bridgehead atoms. The third-order valence-electron chi connectivity index (χ3n) is 7.45. The highest BCUT2D eigenvalue weighted by atomic mass is 15.3. The van der Waals surface area contributed by atoms with Gasteiger partial charge in [0.15, 0.2) is 5.65 Å². The lowest BCUT2D eigenvalue weighted by Crippen LogP contribution is -2.35. The molecule has 2 aromatic heterocycles. The van der Waals surface area contributed by atoms with Crippen LogP contribution < -0.4 is 10.2 Å². The molecule has 1 aliphatic rings. The Morgan fingerprint density at radius 3 is 2.30 bits per heavy atom. The summed E-state index contributed by atoms with van der Waals surface area (Å²) in [4.78, 5) is 12.4. The van der Waals surface area contributed by atoms with E-state index >= 15 is 0 Å². The molecule has 0 aliphatic carbocycles. The highest BCUT2D eigenvalue weighted by Gasteiger charge is 2.24. The summed E-state index contributed by atoms with van der Waals surface area (Å²) in [7, 11) is 0. The van der Waals surface area contributed by atoms with Gasteiger partial charge in [0, 0.05) is 18.8 Å². The van der Waals surface area contributed by atoms with Crippen LogP contribution in [0.2, 0.25) is 0 Å². The number of nitrogens with one attached hydrogen (secondary N) is 1. The lowest BCUT2D eigenvalue weighted by molar-refractivity contribution is 0.401. The summed E-state index contributed by atoms with van der Waals surface area (Å²) in [5.74, 6) is 2.23. The van der Waals surface area contributed by atoms with Gasteiger partial charge in [0.25, 0.3) is 0 Å². The average Bonchev–Trinajstić information content (AvgIpc) is 3.37. The van der Waals surface area contributed by atoms with E-state index in [1.54, 1.807) is 0 Å². The van der Waals surface area contributed by atoms with Crippen molar-refractivity contribution >= 4 is 28.5 Å². The van der Waals surface area contributed by atoms with Gasteiger partial charge in [-0.3, -0.25) is 0 Å². The fourth-order valence-corrected chi connectivity index (χ4v) is 5.13. The molecule has 0 unspecified atom stereocenters. The minimum atomic E-state index is 0.686. The van der Waals surface area contributed by atoms with E-state index in [0.29, 0.717) is 5.92 Å². The van der Waals surface area contributed by atoms with E-state index in [4.69, 9.17) is 15.1 Å². The topological polar surface area (TPSA) is 58.9 Å². The average molecular weight is 489 g/mol. The van der Waals surface area contributed by atoms with E-state index in [9.17, 15) is 0 Å². The third kappa shape index (κ3) is 4.92. The van der Waals surface area contributed by atoms with Gasteiger partial charge in [0.2, 0.25) is 5.95 Å².